The first-order valence-electron chi connectivity index (χ1n) is 7.00. The van der Waals surface area contributed by atoms with Crippen molar-refractivity contribution in [1.29, 1.82) is 0 Å². The Morgan fingerprint density at radius 1 is 1.35 bits per heavy atom. The van der Waals surface area contributed by atoms with Crippen LogP contribution >= 0.6 is 11.6 Å². The van der Waals surface area contributed by atoms with Crippen LogP contribution in [0.3, 0.4) is 0 Å². The second-order valence-corrected chi connectivity index (χ2v) is 5.68. The van der Waals surface area contributed by atoms with E-state index in [1.54, 1.807) is 7.11 Å². The molecule has 1 aromatic heterocycles. The van der Waals surface area contributed by atoms with Gasteiger partial charge in [-0.15, -0.1) is 11.6 Å². The molecule has 0 bridgehead atoms. The zero-order valence-electron chi connectivity index (χ0n) is 11.8. The maximum atomic E-state index is 6.16. The average Bonchev–Trinajstić information content (AvgIpc) is 2.86. The van der Waals surface area contributed by atoms with Crippen molar-refractivity contribution < 1.29 is 4.74 Å². The fourth-order valence-electron chi connectivity index (χ4n) is 3.08. The summed E-state index contributed by atoms with van der Waals surface area (Å²) in [6.45, 7) is 3.28. The standard InChI is InChI=1S/C16H19ClN2O/c1-11-7-9-19(14(11)10-17)16-13-4-3-5-15(20-2)12(13)6-8-18-16/h3-6,8,11,14H,7,9-10H2,1-2H3. The summed E-state index contributed by atoms with van der Waals surface area (Å²) in [6.07, 6.45) is 3.02. The summed E-state index contributed by atoms with van der Waals surface area (Å²) in [7, 11) is 1.70. The molecule has 106 valence electrons. The fourth-order valence-corrected chi connectivity index (χ4v) is 3.55. The molecule has 2 heterocycles. The van der Waals surface area contributed by atoms with Crippen LogP contribution in [0.5, 0.6) is 5.75 Å². The zero-order chi connectivity index (χ0) is 14.1. The Morgan fingerprint density at radius 2 is 2.20 bits per heavy atom. The third-order valence-corrected chi connectivity index (χ3v) is 4.59. The number of alkyl halides is 1. The van der Waals surface area contributed by atoms with Gasteiger partial charge >= 0.3 is 0 Å². The summed E-state index contributed by atoms with van der Waals surface area (Å²) >= 11 is 6.16. The number of pyridine rings is 1. The highest BCUT2D eigenvalue weighted by Gasteiger charge is 2.32. The lowest BCUT2D eigenvalue weighted by molar-refractivity contribution is 0.420. The van der Waals surface area contributed by atoms with Crippen molar-refractivity contribution in [1.82, 2.24) is 4.98 Å². The Kier molecular flexibility index (Phi) is 3.70. The van der Waals surface area contributed by atoms with Gasteiger partial charge in [0.15, 0.2) is 0 Å². The van der Waals surface area contributed by atoms with Crippen LogP contribution in [0.1, 0.15) is 13.3 Å². The minimum absolute atomic E-state index is 0.362. The Hall–Kier alpha value is -1.48. The smallest absolute Gasteiger partial charge is 0.136 e. The number of aromatic nitrogens is 1. The molecule has 0 aliphatic carbocycles. The van der Waals surface area contributed by atoms with Crippen LogP contribution < -0.4 is 9.64 Å². The Balaban J connectivity index is 2.12. The van der Waals surface area contributed by atoms with Gasteiger partial charge in [0.25, 0.3) is 0 Å². The van der Waals surface area contributed by atoms with Crippen LogP contribution in [0.15, 0.2) is 30.5 Å². The van der Waals surface area contributed by atoms with E-state index in [0.29, 0.717) is 17.8 Å². The molecule has 1 fully saturated rings. The van der Waals surface area contributed by atoms with Crippen LogP contribution in [0.25, 0.3) is 10.8 Å². The number of nitrogens with zero attached hydrogens (tertiary/aromatic N) is 2. The second kappa shape index (κ2) is 5.49. The Labute approximate surface area is 124 Å². The van der Waals surface area contributed by atoms with Gasteiger partial charge in [0, 0.05) is 35.4 Å². The lowest BCUT2D eigenvalue weighted by Crippen LogP contribution is -2.34. The first-order chi connectivity index (χ1) is 9.76. The van der Waals surface area contributed by atoms with Crippen molar-refractivity contribution in [2.45, 2.75) is 19.4 Å². The van der Waals surface area contributed by atoms with E-state index in [1.165, 1.54) is 6.42 Å². The number of rotatable bonds is 3. The van der Waals surface area contributed by atoms with Gasteiger partial charge in [0.1, 0.15) is 11.6 Å². The summed E-state index contributed by atoms with van der Waals surface area (Å²) in [6, 6.07) is 8.47. The Morgan fingerprint density at radius 3 is 2.95 bits per heavy atom. The van der Waals surface area contributed by atoms with E-state index < -0.39 is 0 Å². The third kappa shape index (κ3) is 2.10. The predicted molar refractivity (Wildman–Crippen MR) is 83.9 cm³/mol. The monoisotopic (exact) mass is 290 g/mol. The highest BCUT2D eigenvalue weighted by atomic mass is 35.5. The molecule has 0 saturated carbocycles. The summed E-state index contributed by atoms with van der Waals surface area (Å²) in [5.41, 5.74) is 0. The molecule has 0 amide bonds. The first kappa shape index (κ1) is 13.5. The number of benzene rings is 1. The van der Waals surface area contributed by atoms with E-state index in [1.807, 2.05) is 24.4 Å². The second-order valence-electron chi connectivity index (χ2n) is 5.37. The SMILES string of the molecule is COc1cccc2c(N3CCC(C)C3CCl)nccc12. The number of ether oxygens (including phenoxy) is 1. The molecular formula is C16H19ClN2O. The number of hydrogen-bond acceptors (Lipinski definition) is 3. The molecule has 0 spiro atoms. The van der Waals surface area contributed by atoms with E-state index in [-0.39, 0.29) is 0 Å². The predicted octanol–water partition coefficient (Wildman–Crippen LogP) is 3.70. The van der Waals surface area contributed by atoms with E-state index in [2.05, 4.69) is 22.9 Å². The molecule has 4 heteroatoms. The van der Waals surface area contributed by atoms with Crippen molar-refractivity contribution in [3.05, 3.63) is 30.5 Å². The van der Waals surface area contributed by atoms with Crippen molar-refractivity contribution in [3.63, 3.8) is 0 Å². The van der Waals surface area contributed by atoms with Crippen molar-refractivity contribution >= 4 is 28.2 Å². The highest BCUT2D eigenvalue weighted by molar-refractivity contribution is 6.18. The largest absolute Gasteiger partial charge is 0.496 e. The molecule has 1 saturated heterocycles. The van der Waals surface area contributed by atoms with Crippen LogP contribution in [-0.2, 0) is 0 Å². The van der Waals surface area contributed by atoms with E-state index in [0.717, 1.165) is 28.9 Å². The normalized spacial score (nSPS) is 22.4. The van der Waals surface area contributed by atoms with Gasteiger partial charge in [-0.05, 0) is 24.5 Å². The first-order valence-corrected chi connectivity index (χ1v) is 7.54. The average molecular weight is 291 g/mol. The molecule has 1 aliphatic heterocycles. The lowest BCUT2D eigenvalue weighted by Gasteiger charge is -2.27. The summed E-state index contributed by atoms with van der Waals surface area (Å²) < 4.78 is 5.45. The number of anilines is 1. The van der Waals surface area contributed by atoms with Gasteiger partial charge in [-0.2, -0.15) is 0 Å². The maximum absolute atomic E-state index is 6.16. The van der Waals surface area contributed by atoms with Crippen molar-refractivity contribution in [2.75, 3.05) is 24.4 Å². The molecule has 1 aromatic carbocycles. The van der Waals surface area contributed by atoms with Gasteiger partial charge in [-0.25, -0.2) is 4.98 Å². The molecule has 2 unspecified atom stereocenters. The minimum Gasteiger partial charge on any atom is -0.496 e. The quantitative estimate of drug-likeness (QED) is 0.806. The molecule has 2 aromatic rings. The number of methoxy groups -OCH3 is 1. The van der Waals surface area contributed by atoms with Crippen molar-refractivity contribution in [3.8, 4) is 5.75 Å². The van der Waals surface area contributed by atoms with E-state index in [4.69, 9.17) is 16.3 Å². The van der Waals surface area contributed by atoms with Gasteiger partial charge in [0.2, 0.25) is 0 Å². The molecular weight excluding hydrogens is 272 g/mol. The number of fused-ring (bicyclic) bond motifs is 1. The summed E-state index contributed by atoms with van der Waals surface area (Å²) in [5, 5.41) is 2.24. The number of halogens is 1. The van der Waals surface area contributed by atoms with Crippen LogP contribution in [-0.4, -0.2) is 30.6 Å². The molecule has 1 aliphatic rings. The summed E-state index contributed by atoms with van der Waals surface area (Å²) in [4.78, 5) is 6.96. The fraction of sp³-hybridized carbons (Fsp3) is 0.438. The number of hydrogen-bond donors (Lipinski definition) is 0. The third-order valence-electron chi connectivity index (χ3n) is 4.28. The summed E-state index contributed by atoms with van der Waals surface area (Å²) in [5.74, 6) is 3.16. The zero-order valence-corrected chi connectivity index (χ0v) is 12.6. The van der Waals surface area contributed by atoms with Crippen LogP contribution in [0, 0.1) is 5.92 Å². The maximum Gasteiger partial charge on any atom is 0.136 e. The molecule has 20 heavy (non-hydrogen) atoms. The van der Waals surface area contributed by atoms with E-state index >= 15 is 0 Å². The van der Waals surface area contributed by atoms with Gasteiger partial charge in [0.05, 0.1) is 7.11 Å². The van der Waals surface area contributed by atoms with Crippen LogP contribution in [0.2, 0.25) is 0 Å². The molecule has 2 atom stereocenters. The van der Waals surface area contributed by atoms with Crippen molar-refractivity contribution in [2.24, 2.45) is 5.92 Å². The van der Waals surface area contributed by atoms with Crippen LogP contribution in [0.4, 0.5) is 5.82 Å². The molecule has 0 N–H and O–H groups in total. The molecule has 0 radical (unpaired) electrons. The molecule has 3 rings (SSSR count). The minimum atomic E-state index is 0.362. The van der Waals surface area contributed by atoms with E-state index in [9.17, 15) is 0 Å². The topological polar surface area (TPSA) is 25.4 Å². The van der Waals surface area contributed by atoms with Gasteiger partial charge in [-0.3, -0.25) is 0 Å². The van der Waals surface area contributed by atoms with Gasteiger partial charge in [-0.1, -0.05) is 19.1 Å². The molecule has 3 nitrogen and oxygen atoms in total. The van der Waals surface area contributed by atoms with Gasteiger partial charge < -0.3 is 9.64 Å². The lowest BCUT2D eigenvalue weighted by atomic mass is 10.0. The Bertz CT molecular complexity index is 616. The highest BCUT2D eigenvalue weighted by Crippen LogP contribution is 2.36.